The Labute approximate surface area is 303 Å². The van der Waals surface area contributed by atoms with Crippen molar-refractivity contribution in [1.82, 2.24) is 40.4 Å². The number of amides is 4. The molecule has 0 radical (unpaired) electrons. The summed E-state index contributed by atoms with van der Waals surface area (Å²) in [6.07, 6.45) is 8.21. The number of rotatable bonds is 10. The number of fused-ring (bicyclic) bond motifs is 4. The molecule has 4 amide bonds. The van der Waals surface area contributed by atoms with E-state index >= 15 is 0 Å². The third-order valence-electron chi connectivity index (χ3n) is 11.7. The first-order chi connectivity index (χ1) is 25.0. The van der Waals surface area contributed by atoms with Gasteiger partial charge in [-0.05, 0) is 73.3 Å². The number of benzene rings is 1. The van der Waals surface area contributed by atoms with E-state index in [-0.39, 0.29) is 47.8 Å². The Morgan fingerprint density at radius 2 is 1.06 bits per heavy atom. The maximum atomic E-state index is 13.9. The van der Waals surface area contributed by atoms with E-state index in [1.165, 1.54) is 14.2 Å². The van der Waals surface area contributed by atoms with Gasteiger partial charge in [0.15, 0.2) is 0 Å². The van der Waals surface area contributed by atoms with Crippen molar-refractivity contribution in [3.63, 3.8) is 0 Å². The van der Waals surface area contributed by atoms with Crippen LogP contribution >= 0.6 is 0 Å². The average Bonchev–Trinajstić information content (AvgIpc) is 4.00. The topological polar surface area (TPSA) is 175 Å². The van der Waals surface area contributed by atoms with Crippen LogP contribution in [0.5, 0.6) is 0 Å². The lowest BCUT2D eigenvalue weighted by Crippen LogP contribution is -2.54. The molecule has 2 aromatic heterocycles. The SMILES string of the molecule is COC(=O)N[C@H](C(=O)N1C2CCC(C2)[C@H]1c1ncc(-c2ccc(-c3cnc([C@@H]4C5CCC(C5)N4C(=O)[C@@H](NC(=O)OC)C(C)C)[nH]3)cc2)[nH]1)C(C)C. The number of hydrogen-bond acceptors (Lipinski definition) is 8. The molecule has 4 fully saturated rings. The molecule has 14 heteroatoms. The molecule has 4 N–H and O–H groups in total. The van der Waals surface area contributed by atoms with Crippen molar-refractivity contribution < 1.29 is 28.7 Å². The van der Waals surface area contributed by atoms with Crippen molar-refractivity contribution in [1.29, 1.82) is 0 Å². The first-order valence-electron chi connectivity index (χ1n) is 18.5. The number of aromatic nitrogens is 4. The number of hydrogen-bond donors (Lipinski definition) is 4. The summed E-state index contributed by atoms with van der Waals surface area (Å²) in [5.74, 6) is 1.70. The fraction of sp³-hybridized carbons (Fsp3) is 0.579. The van der Waals surface area contributed by atoms with Gasteiger partial charge in [-0.3, -0.25) is 9.59 Å². The number of nitrogens with one attached hydrogen (secondary N) is 4. The largest absolute Gasteiger partial charge is 0.453 e. The van der Waals surface area contributed by atoms with Crippen LogP contribution in [-0.4, -0.2) is 92.1 Å². The van der Waals surface area contributed by atoms with Crippen LogP contribution in [0.1, 0.15) is 90.0 Å². The van der Waals surface area contributed by atoms with Gasteiger partial charge in [0, 0.05) is 12.1 Å². The second-order valence-corrected chi connectivity index (χ2v) is 15.5. The number of alkyl carbamates (subject to hydrolysis) is 2. The lowest BCUT2D eigenvalue weighted by atomic mass is 9.95. The summed E-state index contributed by atoms with van der Waals surface area (Å²) in [6, 6.07) is 6.62. The first kappa shape index (κ1) is 35.5. The van der Waals surface area contributed by atoms with Crippen molar-refractivity contribution in [2.75, 3.05) is 14.2 Å². The molecule has 2 saturated heterocycles. The fourth-order valence-electron chi connectivity index (χ4n) is 9.13. The van der Waals surface area contributed by atoms with Crippen molar-refractivity contribution in [3.8, 4) is 22.5 Å². The molecule has 4 heterocycles. The quantitative estimate of drug-likeness (QED) is 0.218. The number of imidazole rings is 2. The van der Waals surface area contributed by atoms with Crippen molar-refractivity contribution in [2.45, 2.75) is 102 Å². The van der Waals surface area contributed by atoms with Gasteiger partial charge in [-0.1, -0.05) is 52.0 Å². The van der Waals surface area contributed by atoms with Gasteiger partial charge in [-0.2, -0.15) is 0 Å². The Balaban J connectivity index is 1.07. The zero-order valence-electron chi connectivity index (χ0n) is 30.7. The third-order valence-corrected chi connectivity index (χ3v) is 11.7. The summed E-state index contributed by atoms with van der Waals surface area (Å²) in [7, 11) is 2.60. The smallest absolute Gasteiger partial charge is 0.407 e. The molecule has 1 aromatic carbocycles. The number of aromatic amines is 2. The Kier molecular flexibility index (Phi) is 9.75. The first-order valence-corrected chi connectivity index (χ1v) is 18.5. The van der Waals surface area contributed by atoms with E-state index in [0.717, 1.165) is 72.7 Å². The van der Waals surface area contributed by atoms with Crippen LogP contribution in [0.4, 0.5) is 9.59 Å². The molecular weight excluding hydrogens is 664 g/mol. The molecule has 14 nitrogen and oxygen atoms in total. The summed E-state index contributed by atoms with van der Waals surface area (Å²) in [5.41, 5.74) is 3.62. The Hall–Kier alpha value is -4.88. The summed E-state index contributed by atoms with van der Waals surface area (Å²) < 4.78 is 9.62. The summed E-state index contributed by atoms with van der Waals surface area (Å²) in [4.78, 5) is 72.5. The third kappa shape index (κ3) is 6.40. The standard InChI is InChI=1S/C38H50N8O6/c1-19(2)29(43-37(49)51-5)35(47)45-25-13-11-23(15-25)31(45)33-39-17-27(41-33)21-7-9-22(10-8-21)28-18-40-34(42-28)32-24-12-14-26(16-24)46(32)36(48)30(20(3)4)44-38(50)52-6/h7-10,17-20,23-26,29-32H,11-16H2,1-6H3,(H,39,41)(H,40,42)(H,43,49)(H,44,50)/t23?,24?,25?,26?,29-,30-,31-,32-/m0/s1. The molecule has 2 aliphatic carbocycles. The second kappa shape index (κ2) is 14.3. The summed E-state index contributed by atoms with van der Waals surface area (Å²) in [6.45, 7) is 7.68. The Morgan fingerprint density at radius 1 is 0.673 bits per heavy atom. The van der Waals surface area contributed by atoms with Crippen molar-refractivity contribution in [3.05, 3.63) is 48.3 Å². The molecule has 2 saturated carbocycles. The maximum absolute atomic E-state index is 13.9. The van der Waals surface area contributed by atoms with Gasteiger partial charge in [0.1, 0.15) is 23.7 Å². The van der Waals surface area contributed by atoms with Gasteiger partial charge in [0.25, 0.3) is 0 Å². The number of ether oxygens (including phenoxy) is 2. The molecule has 52 heavy (non-hydrogen) atoms. The normalized spacial score (nSPS) is 25.8. The molecular formula is C38H50N8O6. The number of carbonyl (C=O) groups is 4. The number of carbonyl (C=O) groups excluding carboxylic acids is 4. The highest BCUT2D eigenvalue weighted by Crippen LogP contribution is 2.51. The number of H-pyrrole nitrogens is 2. The Bertz CT molecular complexity index is 1670. The van der Waals surface area contributed by atoms with E-state index in [2.05, 4.69) is 20.6 Å². The predicted molar refractivity (Wildman–Crippen MR) is 191 cm³/mol. The lowest BCUT2D eigenvalue weighted by molar-refractivity contribution is -0.140. The predicted octanol–water partition coefficient (Wildman–Crippen LogP) is 5.33. The summed E-state index contributed by atoms with van der Waals surface area (Å²) in [5, 5.41) is 5.49. The maximum Gasteiger partial charge on any atom is 0.407 e. The van der Waals surface area contributed by atoms with E-state index in [1.54, 1.807) is 0 Å². The highest BCUT2D eigenvalue weighted by atomic mass is 16.5. The van der Waals surface area contributed by atoms with Crippen molar-refractivity contribution in [2.24, 2.45) is 23.7 Å². The van der Waals surface area contributed by atoms with E-state index < -0.39 is 24.3 Å². The molecule has 4 aliphatic rings. The van der Waals surface area contributed by atoms with Crippen LogP contribution in [0, 0.1) is 23.7 Å². The van der Waals surface area contributed by atoms with Gasteiger partial charge in [-0.15, -0.1) is 0 Å². The number of nitrogens with zero attached hydrogens (tertiary/aromatic N) is 4. The highest BCUT2D eigenvalue weighted by molar-refractivity contribution is 5.87. The van der Waals surface area contributed by atoms with Crippen LogP contribution in [0.2, 0.25) is 0 Å². The van der Waals surface area contributed by atoms with E-state index in [9.17, 15) is 19.2 Å². The average molecular weight is 715 g/mol. The van der Waals surface area contributed by atoms with Crippen LogP contribution in [0.25, 0.3) is 22.5 Å². The van der Waals surface area contributed by atoms with Gasteiger partial charge in [-0.25, -0.2) is 19.6 Å². The van der Waals surface area contributed by atoms with E-state index in [4.69, 9.17) is 19.4 Å². The van der Waals surface area contributed by atoms with E-state index in [0.29, 0.717) is 11.8 Å². The Morgan fingerprint density at radius 3 is 1.40 bits per heavy atom. The summed E-state index contributed by atoms with van der Waals surface area (Å²) >= 11 is 0. The highest BCUT2D eigenvalue weighted by Gasteiger charge is 2.53. The number of piperidine rings is 2. The van der Waals surface area contributed by atoms with Gasteiger partial charge >= 0.3 is 12.2 Å². The lowest BCUT2D eigenvalue weighted by Gasteiger charge is -2.37. The van der Waals surface area contributed by atoms with Crippen molar-refractivity contribution >= 4 is 24.0 Å². The molecule has 0 spiro atoms. The molecule has 7 rings (SSSR count). The van der Waals surface area contributed by atoms with Gasteiger partial charge in [0.05, 0.1) is 50.1 Å². The molecule has 8 atom stereocenters. The van der Waals surface area contributed by atoms with Crippen LogP contribution in [0.15, 0.2) is 36.7 Å². The minimum absolute atomic E-state index is 0.102. The molecule has 4 bridgehead atoms. The number of methoxy groups -OCH3 is 2. The zero-order valence-corrected chi connectivity index (χ0v) is 30.7. The minimum Gasteiger partial charge on any atom is -0.453 e. The van der Waals surface area contributed by atoms with Crippen LogP contribution < -0.4 is 10.6 Å². The van der Waals surface area contributed by atoms with Crippen LogP contribution in [-0.2, 0) is 19.1 Å². The molecule has 3 aromatic rings. The van der Waals surface area contributed by atoms with Gasteiger partial charge < -0.3 is 39.9 Å². The molecule has 2 aliphatic heterocycles. The minimum atomic E-state index is -0.688. The van der Waals surface area contributed by atoms with Gasteiger partial charge in [0.2, 0.25) is 11.8 Å². The molecule has 278 valence electrons. The van der Waals surface area contributed by atoms with Crippen LogP contribution in [0.3, 0.4) is 0 Å². The monoisotopic (exact) mass is 714 g/mol. The van der Waals surface area contributed by atoms with E-state index in [1.807, 2.05) is 74.2 Å². The second-order valence-electron chi connectivity index (χ2n) is 15.5. The fourth-order valence-corrected chi connectivity index (χ4v) is 9.13. The zero-order chi connectivity index (χ0) is 36.8. The number of likely N-dealkylation sites (tertiary alicyclic amines) is 2. The molecule has 4 unspecified atom stereocenters.